The van der Waals surface area contributed by atoms with E-state index in [0.29, 0.717) is 64.9 Å². The van der Waals surface area contributed by atoms with Gasteiger partial charge in [0.15, 0.2) is 12.4 Å². The molecule has 0 unspecified atom stereocenters. The van der Waals surface area contributed by atoms with Gasteiger partial charge < -0.3 is 18.8 Å². The molecule has 6 rings (SSSR count). The van der Waals surface area contributed by atoms with E-state index in [1.54, 1.807) is 65.6 Å². The van der Waals surface area contributed by atoms with E-state index in [1.807, 2.05) is 6.07 Å². The Morgan fingerprint density at radius 3 is 2.77 bits per heavy atom. The Kier molecular flexibility index (Phi) is 7.38. The van der Waals surface area contributed by atoms with Gasteiger partial charge in [0.05, 0.1) is 30.3 Å². The fourth-order valence-electron chi connectivity index (χ4n) is 4.43. The van der Waals surface area contributed by atoms with Crippen LogP contribution in [0.1, 0.15) is 5.56 Å². The number of nitrogens with zero attached hydrogens (tertiary/aromatic N) is 4. The SMILES string of the molecule is O=C(COc1ccc(Br)cc1C=Nn1c(-c2cc3cc(Cl)ccc3o2)nc2ccccc2c1=O)N1CCOCC1. The van der Waals surface area contributed by atoms with Crippen molar-refractivity contribution in [2.75, 3.05) is 32.9 Å². The first-order valence-electron chi connectivity index (χ1n) is 12.5. The number of amides is 1. The zero-order chi connectivity index (χ0) is 27.6. The lowest BCUT2D eigenvalue weighted by Crippen LogP contribution is -2.43. The molecule has 11 heteroatoms. The number of fused-ring (bicyclic) bond motifs is 2. The number of ether oxygens (including phenoxy) is 2. The van der Waals surface area contributed by atoms with Gasteiger partial charge in [0.2, 0.25) is 5.82 Å². The summed E-state index contributed by atoms with van der Waals surface area (Å²) < 4.78 is 19.2. The molecule has 0 aliphatic carbocycles. The van der Waals surface area contributed by atoms with Gasteiger partial charge in [-0.2, -0.15) is 9.78 Å². The summed E-state index contributed by atoms with van der Waals surface area (Å²) in [5, 5.41) is 6.27. The number of benzene rings is 3. The summed E-state index contributed by atoms with van der Waals surface area (Å²) in [7, 11) is 0. The first-order chi connectivity index (χ1) is 19.5. The Bertz CT molecular complexity index is 1830. The second kappa shape index (κ2) is 11.2. The summed E-state index contributed by atoms with van der Waals surface area (Å²) in [6.07, 6.45) is 1.50. The molecule has 0 spiro atoms. The van der Waals surface area contributed by atoms with Crippen molar-refractivity contribution in [3.63, 3.8) is 0 Å². The van der Waals surface area contributed by atoms with E-state index in [2.05, 4.69) is 21.0 Å². The van der Waals surface area contributed by atoms with Gasteiger partial charge >= 0.3 is 0 Å². The number of hydrogen-bond donors (Lipinski definition) is 0. The van der Waals surface area contributed by atoms with Crippen LogP contribution in [0.4, 0.5) is 0 Å². The van der Waals surface area contributed by atoms with Crippen LogP contribution in [0, 0.1) is 0 Å². The van der Waals surface area contributed by atoms with E-state index in [0.717, 1.165) is 9.86 Å². The molecule has 9 nitrogen and oxygen atoms in total. The largest absolute Gasteiger partial charge is 0.483 e. The van der Waals surface area contributed by atoms with Gasteiger partial charge in [0, 0.05) is 33.5 Å². The van der Waals surface area contributed by atoms with Crippen LogP contribution in [0.15, 0.2) is 85.5 Å². The molecule has 1 aliphatic rings. The second-order valence-corrected chi connectivity index (χ2v) is 10.4. The summed E-state index contributed by atoms with van der Waals surface area (Å²) in [6, 6.07) is 19.4. The van der Waals surface area contributed by atoms with Gasteiger partial charge in [0.25, 0.3) is 11.5 Å². The van der Waals surface area contributed by atoms with E-state index in [9.17, 15) is 9.59 Å². The van der Waals surface area contributed by atoms with Crippen LogP contribution in [-0.2, 0) is 9.53 Å². The molecule has 3 aromatic carbocycles. The average molecular weight is 622 g/mol. The maximum atomic E-state index is 13.6. The van der Waals surface area contributed by atoms with Crippen LogP contribution >= 0.6 is 27.5 Å². The Morgan fingerprint density at radius 1 is 1.10 bits per heavy atom. The van der Waals surface area contributed by atoms with Crippen molar-refractivity contribution in [2.45, 2.75) is 0 Å². The van der Waals surface area contributed by atoms with Crippen LogP contribution in [-0.4, -0.2) is 59.6 Å². The highest BCUT2D eigenvalue weighted by molar-refractivity contribution is 9.10. The van der Waals surface area contributed by atoms with Gasteiger partial charge in [0.1, 0.15) is 11.3 Å². The normalized spacial score (nSPS) is 13.9. The van der Waals surface area contributed by atoms with Crippen molar-refractivity contribution in [2.24, 2.45) is 5.10 Å². The third-order valence-electron chi connectivity index (χ3n) is 6.45. The van der Waals surface area contributed by atoms with Crippen LogP contribution < -0.4 is 10.3 Å². The molecule has 2 aromatic heterocycles. The molecule has 40 heavy (non-hydrogen) atoms. The Labute approximate surface area is 241 Å². The number of aromatic nitrogens is 2. The minimum absolute atomic E-state index is 0.128. The zero-order valence-electron chi connectivity index (χ0n) is 21.0. The van der Waals surface area contributed by atoms with Gasteiger partial charge in [-0.3, -0.25) is 9.59 Å². The molecule has 0 atom stereocenters. The Balaban J connectivity index is 1.39. The molecule has 0 radical (unpaired) electrons. The third-order valence-corrected chi connectivity index (χ3v) is 7.18. The average Bonchev–Trinajstić information content (AvgIpc) is 3.39. The van der Waals surface area contributed by atoms with Crippen molar-refractivity contribution in [1.82, 2.24) is 14.6 Å². The summed E-state index contributed by atoms with van der Waals surface area (Å²) in [5.74, 6) is 0.901. The number of para-hydroxylation sites is 1. The third kappa shape index (κ3) is 5.38. The lowest BCUT2D eigenvalue weighted by molar-refractivity contribution is -0.137. The number of halogens is 2. The molecule has 1 aliphatic heterocycles. The zero-order valence-corrected chi connectivity index (χ0v) is 23.4. The standard InChI is InChI=1S/C29H22BrClN4O5/c30-20-5-7-24(39-17-27(36)34-9-11-38-12-10-34)19(13-20)16-32-35-28(33-23-4-2-1-3-22(23)29(35)37)26-15-18-14-21(31)6-8-25(18)40-26/h1-8,13-16H,9-12,17H2. The number of hydrogen-bond acceptors (Lipinski definition) is 7. The topological polar surface area (TPSA) is 99.2 Å². The van der Waals surface area contributed by atoms with Crippen LogP contribution in [0.5, 0.6) is 5.75 Å². The van der Waals surface area contributed by atoms with E-state index in [-0.39, 0.29) is 23.9 Å². The molecule has 202 valence electrons. The lowest BCUT2D eigenvalue weighted by Gasteiger charge is -2.26. The highest BCUT2D eigenvalue weighted by Gasteiger charge is 2.19. The van der Waals surface area contributed by atoms with Crippen LogP contribution in [0.2, 0.25) is 5.02 Å². The van der Waals surface area contributed by atoms with Gasteiger partial charge in [-0.25, -0.2) is 4.98 Å². The van der Waals surface area contributed by atoms with E-state index >= 15 is 0 Å². The highest BCUT2D eigenvalue weighted by atomic mass is 79.9. The first kappa shape index (κ1) is 26.2. The summed E-state index contributed by atoms with van der Waals surface area (Å²) >= 11 is 9.64. The number of furan rings is 1. The maximum Gasteiger partial charge on any atom is 0.282 e. The van der Waals surface area contributed by atoms with Gasteiger partial charge in [-0.05, 0) is 54.6 Å². The minimum atomic E-state index is -0.365. The lowest BCUT2D eigenvalue weighted by atomic mass is 10.2. The molecule has 1 amide bonds. The molecular formula is C29H22BrClN4O5. The molecule has 3 heterocycles. The maximum absolute atomic E-state index is 13.6. The fraction of sp³-hybridized carbons (Fsp3) is 0.172. The quantitative estimate of drug-likeness (QED) is 0.237. The molecule has 1 saturated heterocycles. The first-order valence-corrected chi connectivity index (χ1v) is 13.7. The number of rotatable bonds is 6. The number of carbonyl (C=O) groups is 1. The predicted octanol–water partition coefficient (Wildman–Crippen LogP) is 5.35. The van der Waals surface area contributed by atoms with E-state index < -0.39 is 0 Å². The van der Waals surface area contributed by atoms with Gasteiger partial charge in [-0.15, -0.1) is 0 Å². The fourth-order valence-corrected chi connectivity index (χ4v) is 4.99. The molecular weight excluding hydrogens is 600 g/mol. The van der Waals surface area contributed by atoms with Crippen molar-refractivity contribution in [1.29, 1.82) is 0 Å². The van der Waals surface area contributed by atoms with E-state index in [1.165, 1.54) is 10.9 Å². The Morgan fingerprint density at radius 2 is 1.93 bits per heavy atom. The second-order valence-electron chi connectivity index (χ2n) is 9.07. The van der Waals surface area contributed by atoms with E-state index in [4.69, 9.17) is 30.5 Å². The monoisotopic (exact) mass is 620 g/mol. The summed E-state index contributed by atoms with van der Waals surface area (Å²) in [6.45, 7) is 1.96. The summed E-state index contributed by atoms with van der Waals surface area (Å²) in [4.78, 5) is 32.6. The number of carbonyl (C=O) groups excluding carboxylic acids is 1. The van der Waals surface area contributed by atoms with Crippen molar-refractivity contribution in [3.05, 3.63) is 92.1 Å². The Hall–Kier alpha value is -3.99. The smallest absolute Gasteiger partial charge is 0.282 e. The van der Waals surface area contributed by atoms with Crippen molar-refractivity contribution >= 4 is 61.5 Å². The number of morpholine rings is 1. The predicted molar refractivity (Wildman–Crippen MR) is 156 cm³/mol. The summed E-state index contributed by atoms with van der Waals surface area (Å²) in [5.41, 5.74) is 1.31. The van der Waals surface area contributed by atoms with Gasteiger partial charge in [-0.1, -0.05) is 39.7 Å². The minimum Gasteiger partial charge on any atom is -0.483 e. The molecule has 1 fully saturated rings. The molecule has 0 saturated carbocycles. The van der Waals surface area contributed by atoms with Crippen LogP contribution in [0.3, 0.4) is 0 Å². The molecule has 5 aromatic rings. The molecule has 0 bridgehead atoms. The van der Waals surface area contributed by atoms with Crippen LogP contribution in [0.25, 0.3) is 33.5 Å². The highest BCUT2D eigenvalue weighted by Crippen LogP contribution is 2.29. The molecule has 0 N–H and O–H groups in total. The van der Waals surface area contributed by atoms with Crippen molar-refractivity contribution < 1.29 is 18.7 Å². The van der Waals surface area contributed by atoms with Crippen molar-refractivity contribution in [3.8, 4) is 17.3 Å².